The van der Waals surface area contributed by atoms with Gasteiger partial charge in [0.15, 0.2) is 0 Å². The maximum absolute atomic E-state index is 12.3. The van der Waals surface area contributed by atoms with Crippen molar-refractivity contribution in [1.29, 1.82) is 0 Å². The van der Waals surface area contributed by atoms with Crippen molar-refractivity contribution in [2.75, 3.05) is 0 Å². The van der Waals surface area contributed by atoms with Gasteiger partial charge in [-0.05, 0) is 5.56 Å². The zero-order valence-electron chi connectivity index (χ0n) is 7.14. The first-order chi connectivity index (χ1) is 6.50. The van der Waals surface area contributed by atoms with Gasteiger partial charge in [-0.1, -0.05) is 30.3 Å². The summed E-state index contributed by atoms with van der Waals surface area (Å²) in [5.74, 6) is -1.33. The molecule has 0 spiro atoms. The molecule has 0 unspecified atom stereocenters. The number of benzene rings is 1. The summed E-state index contributed by atoms with van der Waals surface area (Å²) in [6, 6.07) is 8.84. The maximum Gasteiger partial charge on any atom is 0.377 e. The number of nitrogens with one attached hydrogen (secondary N) is 1. The van der Waals surface area contributed by atoms with Crippen molar-refractivity contribution in [2.24, 2.45) is 0 Å². The minimum Gasteiger partial charge on any atom is -0.346 e. The van der Waals surface area contributed by atoms with Gasteiger partial charge in [-0.2, -0.15) is 8.78 Å². The van der Waals surface area contributed by atoms with E-state index in [1.165, 1.54) is 0 Å². The molecular weight excluding hydrogens is 256 g/mol. The third-order valence-corrected chi connectivity index (χ3v) is 1.91. The number of halogens is 3. The zero-order chi connectivity index (χ0) is 10.6. The normalized spacial score (nSPS) is 11.1. The molecule has 0 aromatic heterocycles. The molecule has 0 saturated heterocycles. The Kier molecular flexibility index (Phi) is 3.57. The van der Waals surface area contributed by atoms with Crippen LogP contribution in [-0.2, 0) is 11.3 Å². The first kappa shape index (κ1) is 11.1. The van der Waals surface area contributed by atoms with Crippen LogP contribution < -0.4 is 5.32 Å². The van der Waals surface area contributed by atoms with Crippen molar-refractivity contribution in [3.8, 4) is 0 Å². The summed E-state index contributed by atoms with van der Waals surface area (Å²) in [5.41, 5.74) is 0.776. The van der Waals surface area contributed by atoms with Crippen LogP contribution in [0, 0.1) is 0 Å². The van der Waals surface area contributed by atoms with E-state index in [-0.39, 0.29) is 6.54 Å². The fourth-order valence-corrected chi connectivity index (χ4v) is 1.02. The standard InChI is InChI=1S/C9H8BrF2NO/c10-9(11,12)8(14)13-6-7-4-2-1-3-5-7/h1-5H,6H2,(H,13,14). The maximum atomic E-state index is 12.3. The molecule has 0 aliphatic heterocycles. The van der Waals surface area contributed by atoms with Gasteiger partial charge in [0.05, 0.1) is 0 Å². The Morgan fingerprint density at radius 3 is 2.43 bits per heavy atom. The Labute approximate surface area is 88.4 Å². The van der Waals surface area contributed by atoms with E-state index < -0.39 is 10.7 Å². The van der Waals surface area contributed by atoms with Crippen LogP contribution in [0.3, 0.4) is 0 Å². The summed E-state index contributed by atoms with van der Waals surface area (Å²) in [4.78, 5) is 7.23. The highest BCUT2D eigenvalue weighted by Crippen LogP contribution is 2.21. The Hall–Kier alpha value is -0.970. The molecule has 2 nitrogen and oxygen atoms in total. The Bertz CT molecular complexity index is 310. The molecule has 1 aromatic carbocycles. The van der Waals surface area contributed by atoms with Gasteiger partial charge in [0.25, 0.3) is 0 Å². The van der Waals surface area contributed by atoms with Crippen LogP contribution in [0.2, 0.25) is 0 Å². The summed E-state index contributed by atoms with van der Waals surface area (Å²) in [5, 5.41) is 2.10. The molecule has 0 aliphatic rings. The van der Waals surface area contributed by atoms with E-state index in [4.69, 9.17) is 0 Å². The summed E-state index contributed by atoms with van der Waals surface area (Å²) in [7, 11) is 0. The summed E-state index contributed by atoms with van der Waals surface area (Å²) in [6.07, 6.45) is 0. The Morgan fingerprint density at radius 2 is 1.93 bits per heavy atom. The van der Waals surface area contributed by atoms with Gasteiger partial charge in [0.1, 0.15) is 0 Å². The third-order valence-electron chi connectivity index (χ3n) is 1.55. The fourth-order valence-electron chi connectivity index (χ4n) is 0.878. The molecule has 0 heterocycles. The predicted octanol–water partition coefficient (Wildman–Crippen LogP) is 2.29. The lowest BCUT2D eigenvalue weighted by Gasteiger charge is -2.08. The summed E-state index contributed by atoms with van der Waals surface area (Å²) < 4.78 is 24.6. The third kappa shape index (κ3) is 3.41. The van der Waals surface area contributed by atoms with E-state index >= 15 is 0 Å². The second-order valence-electron chi connectivity index (χ2n) is 2.67. The topological polar surface area (TPSA) is 29.1 Å². The second-order valence-corrected chi connectivity index (χ2v) is 3.66. The molecule has 0 radical (unpaired) electrons. The van der Waals surface area contributed by atoms with E-state index in [9.17, 15) is 13.6 Å². The van der Waals surface area contributed by atoms with Crippen molar-refractivity contribution in [3.05, 3.63) is 35.9 Å². The van der Waals surface area contributed by atoms with E-state index in [0.29, 0.717) is 0 Å². The number of alkyl halides is 3. The lowest BCUT2D eigenvalue weighted by Crippen LogP contribution is -2.35. The zero-order valence-corrected chi connectivity index (χ0v) is 8.72. The molecule has 1 amide bonds. The average molecular weight is 264 g/mol. The molecule has 0 fully saturated rings. The van der Waals surface area contributed by atoms with Crippen LogP contribution in [0.1, 0.15) is 5.56 Å². The number of amides is 1. The van der Waals surface area contributed by atoms with E-state index in [0.717, 1.165) is 5.56 Å². The van der Waals surface area contributed by atoms with Crippen LogP contribution in [0.5, 0.6) is 0 Å². The molecule has 0 aliphatic carbocycles. The van der Waals surface area contributed by atoms with Crippen LogP contribution in [0.15, 0.2) is 30.3 Å². The van der Waals surface area contributed by atoms with Crippen molar-refractivity contribution >= 4 is 21.8 Å². The molecule has 1 aromatic rings. The highest BCUT2D eigenvalue weighted by Gasteiger charge is 2.34. The summed E-state index contributed by atoms with van der Waals surface area (Å²) >= 11 is 1.97. The van der Waals surface area contributed by atoms with Crippen molar-refractivity contribution in [2.45, 2.75) is 11.4 Å². The fraction of sp³-hybridized carbons (Fsp3) is 0.222. The lowest BCUT2D eigenvalue weighted by atomic mass is 10.2. The molecule has 0 saturated carbocycles. The Morgan fingerprint density at radius 1 is 1.36 bits per heavy atom. The number of carbonyl (C=O) groups is 1. The molecule has 1 rings (SSSR count). The van der Waals surface area contributed by atoms with Gasteiger partial charge in [0.2, 0.25) is 0 Å². The predicted molar refractivity (Wildman–Crippen MR) is 52.2 cm³/mol. The number of carbonyl (C=O) groups excluding carboxylic acids is 1. The molecule has 14 heavy (non-hydrogen) atoms. The van der Waals surface area contributed by atoms with Gasteiger partial charge in [-0.3, -0.25) is 4.79 Å². The van der Waals surface area contributed by atoms with E-state index in [1.54, 1.807) is 24.3 Å². The quantitative estimate of drug-likeness (QED) is 0.834. The van der Waals surface area contributed by atoms with Crippen LogP contribution >= 0.6 is 15.9 Å². The monoisotopic (exact) mass is 263 g/mol. The first-order valence-corrected chi connectivity index (χ1v) is 4.68. The van der Waals surface area contributed by atoms with Crippen LogP contribution in [-0.4, -0.2) is 10.7 Å². The molecule has 76 valence electrons. The number of rotatable bonds is 3. The average Bonchev–Trinajstić information content (AvgIpc) is 2.14. The molecule has 5 heteroatoms. The largest absolute Gasteiger partial charge is 0.377 e. The SMILES string of the molecule is O=C(NCc1ccccc1)C(F)(F)Br. The van der Waals surface area contributed by atoms with Crippen molar-refractivity contribution in [1.82, 2.24) is 5.32 Å². The molecule has 0 atom stereocenters. The second kappa shape index (κ2) is 4.50. The highest BCUT2D eigenvalue weighted by molar-refractivity contribution is 9.10. The summed E-state index contributed by atoms with van der Waals surface area (Å²) in [6.45, 7) is 0.0981. The minimum atomic E-state index is -3.50. The molecule has 1 N–H and O–H groups in total. The number of hydrogen-bond acceptors (Lipinski definition) is 1. The van der Waals surface area contributed by atoms with Gasteiger partial charge in [-0.15, -0.1) is 0 Å². The smallest absolute Gasteiger partial charge is 0.346 e. The van der Waals surface area contributed by atoms with Gasteiger partial charge >= 0.3 is 10.7 Å². The number of hydrogen-bond donors (Lipinski definition) is 1. The van der Waals surface area contributed by atoms with Crippen molar-refractivity contribution in [3.63, 3.8) is 0 Å². The molecular formula is C9H8BrF2NO. The van der Waals surface area contributed by atoms with E-state index in [2.05, 4.69) is 5.32 Å². The first-order valence-electron chi connectivity index (χ1n) is 3.89. The van der Waals surface area contributed by atoms with E-state index in [1.807, 2.05) is 22.0 Å². The minimum absolute atomic E-state index is 0.0981. The van der Waals surface area contributed by atoms with Crippen LogP contribution in [0.25, 0.3) is 0 Å². The lowest BCUT2D eigenvalue weighted by molar-refractivity contribution is -0.134. The van der Waals surface area contributed by atoms with Gasteiger partial charge in [-0.25, -0.2) is 0 Å². The van der Waals surface area contributed by atoms with Gasteiger partial charge in [0, 0.05) is 22.5 Å². The highest BCUT2D eigenvalue weighted by atomic mass is 79.9. The Balaban J connectivity index is 2.46. The van der Waals surface area contributed by atoms with Crippen LogP contribution in [0.4, 0.5) is 8.78 Å². The molecule has 0 bridgehead atoms. The van der Waals surface area contributed by atoms with Crippen molar-refractivity contribution < 1.29 is 13.6 Å². The van der Waals surface area contributed by atoms with Gasteiger partial charge < -0.3 is 5.32 Å².